The maximum Gasteiger partial charge on any atom is 0.308 e. The van der Waals surface area contributed by atoms with Crippen molar-refractivity contribution in [2.75, 3.05) is 0 Å². The molecule has 0 aliphatic heterocycles. The lowest BCUT2D eigenvalue weighted by Crippen LogP contribution is -2.51. The third kappa shape index (κ3) is 11.7. The number of hydrogen-bond acceptors (Lipinski definition) is 5. The molecule has 0 spiro atoms. The largest absolute Gasteiger partial charge is 0.461 e. The number of benzene rings is 1. The number of esters is 1. The van der Waals surface area contributed by atoms with Crippen LogP contribution < -0.4 is 16.4 Å². The molecule has 0 aromatic heterocycles. The maximum atomic E-state index is 11.9. The Morgan fingerprint density at radius 3 is 2.18 bits per heavy atom. The van der Waals surface area contributed by atoms with Crippen molar-refractivity contribution >= 4 is 24.2 Å². The summed E-state index contributed by atoms with van der Waals surface area (Å²) in [6.07, 6.45) is 1.24. The first-order valence-electron chi connectivity index (χ1n) is 9.20. The van der Waals surface area contributed by atoms with Gasteiger partial charge in [-0.2, -0.15) is 0 Å². The van der Waals surface area contributed by atoms with Gasteiger partial charge in [0, 0.05) is 0 Å². The van der Waals surface area contributed by atoms with E-state index in [0.717, 1.165) is 11.5 Å². The van der Waals surface area contributed by atoms with Crippen molar-refractivity contribution in [2.24, 2.45) is 11.7 Å². The van der Waals surface area contributed by atoms with Gasteiger partial charge in [-0.25, -0.2) is 0 Å². The molecule has 2 atom stereocenters. The summed E-state index contributed by atoms with van der Waals surface area (Å²) in [6, 6.07) is 6.96. The van der Waals surface area contributed by atoms with Gasteiger partial charge in [0.05, 0.1) is 6.42 Å². The molecule has 8 nitrogen and oxygen atoms in total. The zero-order chi connectivity index (χ0) is 21.5. The number of carbonyl (C=O) groups excluding carboxylic acids is 4. The predicted molar refractivity (Wildman–Crippen MR) is 106 cm³/mol. The van der Waals surface area contributed by atoms with Gasteiger partial charge in [0.25, 0.3) is 0 Å². The van der Waals surface area contributed by atoms with E-state index in [1.165, 1.54) is 13.3 Å². The van der Waals surface area contributed by atoms with Crippen LogP contribution in [-0.2, 0) is 30.5 Å². The summed E-state index contributed by atoms with van der Waals surface area (Å²) >= 11 is 0. The van der Waals surface area contributed by atoms with Gasteiger partial charge in [-0.3, -0.25) is 19.2 Å². The smallest absolute Gasteiger partial charge is 0.308 e. The van der Waals surface area contributed by atoms with Crippen LogP contribution in [0.2, 0.25) is 0 Å². The zero-order valence-corrected chi connectivity index (χ0v) is 16.9. The summed E-state index contributed by atoms with van der Waals surface area (Å²) in [5, 5.41) is 4.51. The van der Waals surface area contributed by atoms with E-state index in [2.05, 4.69) is 31.4 Å². The molecule has 0 bridgehead atoms. The highest BCUT2D eigenvalue weighted by atomic mass is 16.5. The Labute approximate surface area is 166 Å². The van der Waals surface area contributed by atoms with E-state index in [0.29, 0.717) is 6.41 Å². The molecule has 156 valence electrons. The van der Waals surface area contributed by atoms with Crippen LogP contribution in [0, 0.1) is 5.92 Å². The highest BCUT2D eigenvalue weighted by molar-refractivity contribution is 5.91. The minimum absolute atomic E-state index is 0.0623. The summed E-state index contributed by atoms with van der Waals surface area (Å²) < 4.78 is 5.04. The molecule has 0 heterocycles. The van der Waals surface area contributed by atoms with Crippen LogP contribution in [0.3, 0.4) is 0 Å². The molecule has 4 N–H and O–H groups in total. The highest BCUT2D eigenvalue weighted by Crippen LogP contribution is 2.03. The number of primary amides is 1. The molecule has 0 aliphatic carbocycles. The summed E-state index contributed by atoms with van der Waals surface area (Å²) in [5.41, 5.74) is 5.84. The fourth-order valence-corrected chi connectivity index (χ4v) is 1.66. The molecule has 0 aliphatic rings. The van der Waals surface area contributed by atoms with E-state index in [1.807, 2.05) is 6.07 Å². The van der Waals surface area contributed by atoms with Crippen molar-refractivity contribution in [1.82, 2.24) is 10.6 Å². The number of carbonyl (C=O) groups is 4. The van der Waals surface area contributed by atoms with Crippen molar-refractivity contribution in [3.05, 3.63) is 35.9 Å². The van der Waals surface area contributed by atoms with Gasteiger partial charge in [-0.15, -0.1) is 0 Å². The minimum Gasteiger partial charge on any atom is -0.461 e. The fraction of sp³-hybridized carbons (Fsp3) is 0.500. The van der Waals surface area contributed by atoms with Crippen LogP contribution in [0.5, 0.6) is 0 Å². The van der Waals surface area contributed by atoms with Crippen LogP contribution in [-0.4, -0.2) is 36.3 Å². The van der Waals surface area contributed by atoms with Crippen molar-refractivity contribution in [3.8, 4) is 0 Å². The monoisotopic (exact) mass is 393 g/mol. The number of hydrogen-bond donors (Lipinski definition) is 3. The maximum absolute atomic E-state index is 11.9. The first kappa shape index (κ1) is 25.1. The van der Waals surface area contributed by atoms with E-state index in [9.17, 15) is 19.2 Å². The van der Waals surface area contributed by atoms with E-state index >= 15 is 0 Å². The van der Waals surface area contributed by atoms with Crippen molar-refractivity contribution < 1.29 is 23.9 Å². The number of rotatable bonds is 10. The molecular formula is C20H31N3O5. The molecule has 3 amide bonds. The second kappa shape index (κ2) is 14.2. The molecule has 28 heavy (non-hydrogen) atoms. The topological polar surface area (TPSA) is 128 Å². The summed E-state index contributed by atoms with van der Waals surface area (Å²) in [7, 11) is 0. The first-order valence-corrected chi connectivity index (χ1v) is 9.20. The molecule has 8 heteroatoms. The first-order chi connectivity index (χ1) is 13.2. The minimum atomic E-state index is -1.14. The molecule has 0 fully saturated rings. The average Bonchev–Trinajstić information content (AvgIpc) is 2.67. The third-order valence-corrected chi connectivity index (χ3v) is 3.80. The molecule has 1 aromatic carbocycles. The number of amides is 3. The number of nitrogens with one attached hydrogen (secondary N) is 2. The van der Waals surface area contributed by atoms with Crippen LogP contribution in [0.4, 0.5) is 0 Å². The Kier molecular flexibility index (Phi) is 12.7. The Balaban J connectivity index is 0.00000129. The van der Waals surface area contributed by atoms with Crippen LogP contribution in [0.15, 0.2) is 30.3 Å². The van der Waals surface area contributed by atoms with E-state index in [-0.39, 0.29) is 13.0 Å². The average molecular weight is 393 g/mol. The molecule has 0 saturated heterocycles. The lowest BCUT2D eigenvalue weighted by atomic mass is 10.1. The van der Waals surface area contributed by atoms with Gasteiger partial charge in [-0.05, 0) is 18.4 Å². The SMILES string of the molecule is CC(NC(=O)C(CC(=O)OCc1ccccc1)NC=O)C(N)=O.CCC(C)C. The van der Waals surface area contributed by atoms with Gasteiger partial charge in [0.2, 0.25) is 18.2 Å². The van der Waals surface area contributed by atoms with Crippen LogP contribution in [0.1, 0.15) is 46.1 Å². The van der Waals surface area contributed by atoms with Gasteiger partial charge >= 0.3 is 5.97 Å². The van der Waals surface area contributed by atoms with E-state index in [4.69, 9.17) is 10.5 Å². The van der Waals surface area contributed by atoms with Crippen LogP contribution in [0.25, 0.3) is 0 Å². The quantitative estimate of drug-likeness (QED) is 0.407. The van der Waals surface area contributed by atoms with Gasteiger partial charge in [-0.1, -0.05) is 57.5 Å². The van der Waals surface area contributed by atoms with Crippen molar-refractivity contribution in [1.29, 1.82) is 0 Å². The summed E-state index contributed by atoms with van der Waals surface area (Å²) in [6.45, 7) is 8.10. The molecule has 2 unspecified atom stereocenters. The van der Waals surface area contributed by atoms with Crippen molar-refractivity contribution in [2.45, 2.75) is 59.2 Å². The van der Waals surface area contributed by atoms with E-state index in [1.54, 1.807) is 24.3 Å². The Bertz CT molecular complexity index is 620. The normalized spacial score (nSPS) is 12.0. The second-order valence-electron chi connectivity index (χ2n) is 6.62. The standard InChI is InChI=1S/C15H19N3O5.C5H12/c1-10(14(16)21)18-15(22)12(17-9-19)7-13(20)23-8-11-5-3-2-4-6-11;1-4-5(2)3/h2-6,9-10,12H,7-8H2,1H3,(H2,16,21)(H,17,19)(H,18,22);5H,4H2,1-3H3. The zero-order valence-electron chi connectivity index (χ0n) is 16.9. The molecule has 1 rings (SSSR count). The third-order valence-electron chi connectivity index (χ3n) is 3.80. The predicted octanol–water partition coefficient (Wildman–Crippen LogP) is 1.28. The fourth-order valence-electron chi connectivity index (χ4n) is 1.66. The molecule has 0 saturated carbocycles. The lowest BCUT2D eigenvalue weighted by molar-refractivity contribution is -0.147. The number of ether oxygens (including phenoxy) is 1. The summed E-state index contributed by atoms with van der Waals surface area (Å²) in [4.78, 5) is 45.2. The lowest BCUT2D eigenvalue weighted by Gasteiger charge is -2.17. The van der Waals surface area contributed by atoms with Gasteiger partial charge in [0.15, 0.2) is 0 Å². The van der Waals surface area contributed by atoms with Gasteiger partial charge in [0.1, 0.15) is 18.7 Å². The van der Waals surface area contributed by atoms with Gasteiger partial charge < -0.3 is 21.1 Å². The summed E-state index contributed by atoms with van der Waals surface area (Å²) in [5.74, 6) is -1.19. The Morgan fingerprint density at radius 1 is 1.14 bits per heavy atom. The molecule has 0 radical (unpaired) electrons. The van der Waals surface area contributed by atoms with Crippen LogP contribution >= 0.6 is 0 Å². The number of nitrogens with two attached hydrogens (primary N) is 1. The van der Waals surface area contributed by atoms with Crippen molar-refractivity contribution in [3.63, 3.8) is 0 Å². The highest BCUT2D eigenvalue weighted by Gasteiger charge is 2.24. The Hall–Kier alpha value is -2.90. The second-order valence-corrected chi connectivity index (χ2v) is 6.62. The van der Waals surface area contributed by atoms with E-state index < -0.39 is 29.9 Å². The molecule has 1 aromatic rings. The Morgan fingerprint density at radius 2 is 1.71 bits per heavy atom. The molecular weight excluding hydrogens is 362 g/mol.